The molecule has 0 bridgehead atoms. The van der Waals surface area contributed by atoms with Crippen LogP contribution in [0.5, 0.6) is 11.5 Å². The number of anilines is 1. The van der Waals surface area contributed by atoms with Crippen molar-refractivity contribution in [3.8, 4) is 11.5 Å². The normalized spacial score (nSPS) is 13.7. The lowest BCUT2D eigenvalue weighted by Crippen LogP contribution is -2.29. The number of hydrogen-bond donors (Lipinski definition) is 2. The molecule has 0 saturated heterocycles. The number of ether oxygens (including phenoxy) is 2. The Kier molecular flexibility index (Phi) is 7.35. The van der Waals surface area contributed by atoms with Gasteiger partial charge in [0.1, 0.15) is 5.82 Å². The van der Waals surface area contributed by atoms with Crippen molar-refractivity contribution in [3.05, 3.63) is 72.3 Å². The number of nitrogens with one attached hydrogen (secondary N) is 2. The number of benzene rings is 2. The molecule has 0 unspecified atom stereocenters. The van der Waals surface area contributed by atoms with E-state index in [0.29, 0.717) is 34.7 Å². The fraction of sp³-hybridized carbons (Fsp3) is 0.250. The van der Waals surface area contributed by atoms with Crippen LogP contribution in [-0.2, 0) is 11.3 Å². The van der Waals surface area contributed by atoms with E-state index in [1.807, 2.05) is 0 Å². The van der Waals surface area contributed by atoms with Crippen LogP contribution < -0.4 is 20.1 Å². The minimum absolute atomic E-state index is 0.0578. The van der Waals surface area contributed by atoms with E-state index in [1.165, 1.54) is 30.0 Å². The fourth-order valence-corrected chi connectivity index (χ4v) is 4.29. The zero-order valence-electron chi connectivity index (χ0n) is 19.2. The summed E-state index contributed by atoms with van der Waals surface area (Å²) < 4.78 is 26.4. The fourth-order valence-electron chi connectivity index (χ4n) is 3.42. The number of nitrogens with zero attached hydrogens (tertiary/aromatic N) is 3. The zero-order chi connectivity index (χ0) is 24.9. The monoisotopic (exact) mass is 497 g/mol. The molecule has 2 aromatic carbocycles. The van der Waals surface area contributed by atoms with Gasteiger partial charge in [-0.3, -0.25) is 9.59 Å². The highest BCUT2D eigenvalue weighted by Gasteiger charge is 2.24. The summed E-state index contributed by atoms with van der Waals surface area (Å²) in [6, 6.07) is 10.4. The van der Waals surface area contributed by atoms with Crippen LogP contribution in [0.2, 0.25) is 0 Å². The third-order valence-corrected chi connectivity index (χ3v) is 6.28. The smallest absolute Gasteiger partial charge is 0.254 e. The van der Waals surface area contributed by atoms with E-state index in [9.17, 15) is 14.0 Å². The largest absolute Gasteiger partial charge is 0.454 e. The van der Waals surface area contributed by atoms with Gasteiger partial charge in [0.2, 0.25) is 12.7 Å². The first-order valence-corrected chi connectivity index (χ1v) is 11.7. The maximum atomic E-state index is 14.0. The summed E-state index contributed by atoms with van der Waals surface area (Å²) in [6.07, 6.45) is 1.67. The van der Waals surface area contributed by atoms with E-state index in [-0.39, 0.29) is 18.3 Å². The molecule has 0 saturated carbocycles. The molecule has 0 spiro atoms. The van der Waals surface area contributed by atoms with Crippen molar-refractivity contribution in [1.29, 1.82) is 0 Å². The Balaban J connectivity index is 1.44. The molecule has 1 aliphatic rings. The molecule has 2 amide bonds. The first-order chi connectivity index (χ1) is 16.9. The number of carbonyl (C=O) groups excluding carboxylic acids is 2. The van der Waals surface area contributed by atoms with Crippen molar-refractivity contribution in [2.45, 2.75) is 36.8 Å². The van der Waals surface area contributed by atoms with Crippen molar-refractivity contribution < 1.29 is 23.5 Å². The molecule has 0 aliphatic carbocycles. The van der Waals surface area contributed by atoms with Gasteiger partial charge in [-0.05, 0) is 38.1 Å². The van der Waals surface area contributed by atoms with Crippen LogP contribution in [0.3, 0.4) is 0 Å². The van der Waals surface area contributed by atoms with Gasteiger partial charge in [0, 0.05) is 18.3 Å². The lowest BCUT2D eigenvalue weighted by Gasteiger charge is -2.16. The molecular formula is C24H24FN5O4S. The van der Waals surface area contributed by atoms with Gasteiger partial charge in [0.05, 0.1) is 16.9 Å². The summed E-state index contributed by atoms with van der Waals surface area (Å²) >= 11 is 1.22. The molecule has 1 aliphatic heterocycles. The Hall–Kier alpha value is -3.86. The highest BCUT2D eigenvalue weighted by molar-refractivity contribution is 8.00. The summed E-state index contributed by atoms with van der Waals surface area (Å²) in [5, 5.41) is 14.0. The van der Waals surface area contributed by atoms with E-state index >= 15 is 0 Å². The molecule has 35 heavy (non-hydrogen) atoms. The quantitative estimate of drug-likeness (QED) is 0.341. The summed E-state index contributed by atoms with van der Waals surface area (Å²) in [7, 11) is 0. The molecule has 9 nitrogen and oxygen atoms in total. The molecule has 0 radical (unpaired) electrons. The number of thioether (sulfide) groups is 1. The Morgan fingerprint density at radius 2 is 1.97 bits per heavy atom. The number of rotatable bonds is 9. The highest BCUT2D eigenvalue weighted by atomic mass is 32.2. The number of carbonyl (C=O) groups is 2. The number of allylic oxidation sites excluding steroid dienone is 1. The summed E-state index contributed by atoms with van der Waals surface area (Å²) in [5.41, 5.74) is 0.530. The van der Waals surface area contributed by atoms with Crippen LogP contribution in [0.1, 0.15) is 36.1 Å². The molecule has 3 aromatic rings. The van der Waals surface area contributed by atoms with E-state index in [1.54, 1.807) is 48.8 Å². The van der Waals surface area contributed by atoms with Crippen LogP contribution in [0.4, 0.5) is 10.1 Å². The van der Waals surface area contributed by atoms with Crippen molar-refractivity contribution in [3.63, 3.8) is 0 Å². The van der Waals surface area contributed by atoms with Gasteiger partial charge in [-0.15, -0.1) is 16.8 Å². The summed E-state index contributed by atoms with van der Waals surface area (Å²) in [5.74, 6) is 0.263. The number of halogens is 1. The summed E-state index contributed by atoms with van der Waals surface area (Å²) in [6.45, 7) is 7.77. The van der Waals surface area contributed by atoms with Crippen LogP contribution in [-0.4, -0.2) is 38.6 Å². The molecule has 4 rings (SSSR count). The van der Waals surface area contributed by atoms with Crippen molar-refractivity contribution in [1.82, 2.24) is 20.1 Å². The van der Waals surface area contributed by atoms with E-state index in [0.717, 1.165) is 0 Å². The second-order valence-electron chi connectivity index (χ2n) is 7.73. The van der Waals surface area contributed by atoms with Crippen LogP contribution >= 0.6 is 11.8 Å². The molecule has 2 N–H and O–H groups in total. The molecule has 2 heterocycles. The number of hydrogen-bond acceptors (Lipinski definition) is 7. The molecule has 0 fully saturated rings. The Labute approximate surface area is 205 Å². The van der Waals surface area contributed by atoms with E-state index in [2.05, 4.69) is 27.4 Å². The summed E-state index contributed by atoms with van der Waals surface area (Å²) in [4.78, 5) is 25.3. The Morgan fingerprint density at radius 1 is 1.20 bits per heavy atom. The maximum absolute atomic E-state index is 14.0. The van der Waals surface area contributed by atoms with Crippen molar-refractivity contribution in [2.75, 3.05) is 12.1 Å². The number of fused-ring (bicyclic) bond motifs is 1. The van der Waals surface area contributed by atoms with Gasteiger partial charge in [-0.1, -0.05) is 30.0 Å². The van der Waals surface area contributed by atoms with Gasteiger partial charge >= 0.3 is 0 Å². The van der Waals surface area contributed by atoms with Gasteiger partial charge in [0.15, 0.2) is 22.5 Å². The molecule has 1 aromatic heterocycles. The number of aromatic nitrogens is 3. The minimum Gasteiger partial charge on any atom is -0.454 e. The second-order valence-corrected chi connectivity index (χ2v) is 9.04. The van der Waals surface area contributed by atoms with Gasteiger partial charge in [0.25, 0.3) is 5.91 Å². The van der Waals surface area contributed by atoms with E-state index in [4.69, 9.17) is 9.47 Å². The first-order valence-electron chi connectivity index (χ1n) is 10.8. The van der Waals surface area contributed by atoms with Gasteiger partial charge in [-0.25, -0.2) is 4.39 Å². The Bertz CT molecular complexity index is 1260. The molecule has 182 valence electrons. The average Bonchev–Trinajstić information content (AvgIpc) is 3.46. The standard InChI is InChI=1S/C24H24FN5O4S/c1-4-11-30-21(14(2)26-23(32)17-7-5-6-8-18(17)25)28-29-24(30)35-15(3)22(31)27-16-9-10-19-20(12-16)34-13-33-19/h4-10,12,14-15H,1,11,13H2,2-3H3,(H,26,32)(H,27,31)/t14-,15+/m1/s1. The predicted octanol–water partition coefficient (Wildman–Crippen LogP) is 3.94. The third-order valence-electron chi connectivity index (χ3n) is 5.20. The molecule has 11 heteroatoms. The zero-order valence-corrected chi connectivity index (χ0v) is 20.0. The van der Waals surface area contributed by atoms with Crippen molar-refractivity contribution in [2.24, 2.45) is 0 Å². The SMILES string of the molecule is C=CCn1c(S[C@@H](C)C(=O)Nc2ccc3c(c2)OCO3)nnc1[C@@H](C)NC(=O)c1ccccc1F. The van der Waals surface area contributed by atoms with Crippen LogP contribution in [0.15, 0.2) is 60.3 Å². The predicted molar refractivity (Wildman–Crippen MR) is 129 cm³/mol. The molecule has 2 atom stereocenters. The van der Waals surface area contributed by atoms with Crippen LogP contribution in [0, 0.1) is 5.82 Å². The molecular weight excluding hydrogens is 473 g/mol. The Morgan fingerprint density at radius 3 is 2.74 bits per heavy atom. The average molecular weight is 498 g/mol. The maximum Gasteiger partial charge on any atom is 0.254 e. The minimum atomic E-state index is -0.608. The second kappa shape index (κ2) is 10.6. The third kappa shape index (κ3) is 5.46. The van der Waals surface area contributed by atoms with Crippen LogP contribution in [0.25, 0.3) is 0 Å². The topological polar surface area (TPSA) is 107 Å². The lowest BCUT2D eigenvalue weighted by molar-refractivity contribution is -0.115. The van der Waals surface area contributed by atoms with Gasteiger partial charge < -0.3 is 24.7 Å². The van der Waals surface area contributed by atoms with Gasteiger partial charge in [-0.2, -0.15) is 0 Å². The van der Waals surface area contributed by atoms with E-state index < -0.39 is 23.0 Å². The lowest BCUT2D eigenvalue weighted by atomic mass is 10.2. The van der Waals surface area contributed by atoms with Crippen molar-refractivity contribution >= 4 is 29.3 Å². The number of amides is 2. The first kappa shape index (κ1) is 24.3. The highest BCUT2D eigenvalue weighted by Crippen LogP contribution is 2.34.